The lowest BCUT2D eigenvalue weighted by molar-refractivity contribution is -0.158. The number of carbonyl (C=O) groups is 4. The number of carbonyl (C=O) groups excluding carboxylic acids is 4. The Bertz CT molecular complexity index is 1030. The predicted octanol–water partition coefficient (Wildman–Crippen LogP) is 2.58. The molecule has 31 heavy (non-hydrogen) atoms. The lowest BCUT2D eigenvalue weighted by Crippen LogP contribution is -2.48. The van der Waals surface area contributed by atoms with Gasteiger partial charge in [-0.25, -0.2) is 9.59 Å². The summed E-state index contributed by atoms with van der Waals surface area (Å²) in [4.78, 5) is 50.0. The maximum Gasteiger partial charge on any atom is 0.410 e. The maximum atomic E-state index is 13.0. The van der Waals surface area contributed by atoms with Gasteiger partial charge in [0.15, 0.2) is 6.10 Å². The van der Waals surface area contributed by atoms with Crippen LogP contribution in [-0.2, 0) is 30.3 Å². The number of imide groups is 1. The van der Waals surface area contributed by atoms with Crippen molar-refractivity contribution in [2.75, 3.05) is 7.05 Å². The largest absolute Gasteiger partial charge is 0.450 e. The van der Waals surface area contributed by atoms with Crippen LogP contribution in [0.2, 0.25) is 0 Å². The third-order valence-electron chi connectivity index (χ3n) is 4.85. The second kappa shape index (κ2) is 8.75. The van der Waals surface area contributed by atoms with Crippen LogP contribution in [0.15, 0.2) is 42.5 Å². The van der Waals surface area contributed by atoms with Gasteiger partial charge in [0.25, 0.3) is 5.91 Å². The Morgan fingerprint density at radius 2 is 1.81 bits per heavy atom. The Balaban J connectivity index is 1.85. The molecule has 1 saturated heterocycles. The second-order valence-corrected chi connectivity index (χ2v) is 8.53. The summed E-state index contributed by atoms with van der Waals surface area (Å²) >= 11 is 0. The van der Waals surface area contributed by atoms with Gasteiger partial charge in [0.2, 0.25) is 5.91 Å². The molecule has 1 heterocycles. The molecule has 2 aromatic rings. The van der Waals surface area contributed by atoms with Gasteiger partial charge in [-0.15, -0.1) is 0 Å². The number of amides is 3. The average Bonchev–Trinajstić information content (AvgIpc) is 3.00. The SMILES string of the molecule is CN(C(=O)OC(C)(C)C)[C@@H](Cc1ccc2ccccc2c1)C(=O)OC1CC(=O)NC1=O. The van der Waals surface area contributed by atoms with E-state index in [9.17, 15) is 19.2 Å². The standard InChI is InChI=1S/C23H26N2O6/c1-23(2,3)31-22(29)25(4)17(21(28)30-18-13-19(26)24-20(18)27)12-14-9-10-15-7-5-6-8-16(15)11-14/h5-11,17-18H,12-13H2,1-4H3,(H,24,26,27)/t17-,18?/m0/s1. The molecule has 1 aliphatic heterocycles. The van der Waals surface area contributed by atoms with Gasteiger partial charge < -0.3 is 9.47 Å². The van der Waals surface area contributed by atoms with E-state index < -0.39 is 41.6 Å². The van der Waals surface area contributed by atoms with E-state index in [0.29, 0.717) is 0 Å². The normalized spacial score (nSPS) is 17.2. The minimum Gasteiger partial charge on any atom is -0.450 e. The first-order valence-corrected chi connectivity index (χ1v) is 10.0. The summed E-state index contributed by atoms with van der Waals surface area (Å²) < 4.78 is 10.7. The lowest BCUT2D eigenvalue weighted by Gasteiger charge is -2.30. The van der Waals surface area contributed by atoms with Gasteiger partial charge >= 0.3 is 12.1 Å². The summed E-state index contributed by atoms with van der Waals surface area (Å²) in [7, 11) is 1.45. The molecule has 1 N–H and O–H groups in total. The first kappa shape index (κ1) is 22.3. The van der Waals surface area contributed by atoms with E-state index in [-0.39, 0.29) is 12.8 Å². The van der Waals surface area contributed by atoms with Crippen molar-refractivity contribution in [3.63, 3.8) is 0 Å². The van der Waals surface area contributed by atoms with Crippen molar-refractivity contribution in [3.05, 3.63) is 48.0 Å². The number of ether oxygens (including phenoxy) is 2. The zero-order valence-corrected chi connectivity index (χ0v) is 18.0. The molecule has 0 saturated carbocycles. The molecule has 2 atom stereocenters. The van der Waals surface area contributed by atoms with Crippen molar-refractivity contribution >= 4 is 34.6 Å². The summed E-state index contributed by atoms with van der Waals surface area (Å²) in [6.07, 6.45) is -1.97. The van der Waals surface area contributed by atoms with Gasteiger partial charge in [-0.3, -0.25) is 19.8 Å². The highest BCUT2D eigenvalue weighted by Crippen LogP contribution is 2.20. The summed E-state index contributed by atoms with van der Waals surface area (Å²) in [6, 6.07) is 12.5. The highest BCUT2D eigenvalue weighted by molar-refractivity contribution is 6.05. The summed E-state index contributed by atoms with van der Waals surface area (Å²) in [5.41, 5.74) is 0.0588. The molecule has 2 aromatic carbocycles. The van der Waals surface area contributed by atoms with E-state index in [0.717, 1.165) is 21.2 Å². The molecule has 0 aromatic heterocycles. The number of rotatable bonds is 5. The Morgan fingerprint density at radius 3 is 2.42 bits per heavy atom. The van der Waals surface area contributed by atoms with Gasteiger partial charge in [-0.2, -0.15) is 0 Å². The van der Waals surface area contributed by atoms with Crippen LogP contribution in [0.3, 0.4) is 0 Å². The summed E-state index contributed by atoms with van der Waals surface area (Å²) in [6.45, 7) is 5.18. The smallest absolute Gasteiger partial charge is 0.410 e. The van der Waals surface area contributed by atoms with Crippen LogP contribution < -0.4 is 5.32 Å². The summed E-state index contributed by atoms with van der Waals surface area (Å²) in [5, 5.41) is 4.15. The van der Waals surface area contributed by atoms with Crippen molar-refractivity contribution in [2.24, 2.45) is 0 Å². The molecular weight excluding hydrogens is 400 g/mol. The Labute approximate surface area is 180 Å². The molecule has 0 spiro atoms. The fourth-order valence-electron chi connectivity index (χ4n) is 3.27. The van der Waals surface area contributed by atoms with Crippen LogP contribution in [0.5, 0.6) is 0 Å². The Morgan fingerprint density at radius 1 is 1.13 bits per heavy atom. The molecule has 1 fully saturated rings. The molecule has 0 aliphatic carbocycles. The van der Waals surface area contributed by atoms with Crippen LogP contribution in [0.4, 0.5) is 4.79 Å². The Kier molecular flexibility index (Phi) is 6.29. The molecule has 8 nitrogen and oxygen atoms in total. The molecule has 8 heteroatoms. The maximum absolute atomic E-state index is 13.0. The third kappa shape index (κ3) is 5.59. The molecule has 3 amide bonds. The van der Waals surface area contributed by atoms with Crippen molar-refractivity contribution in [1.29, 1.82) is 0 Å². The molecule has 1 aliphatic rings. The number of likely N-dealkylation sites (N-methyl/N-ethyl adjacent to an activating group) is 1. The van der Waals surface area contributed by atoms with Gasteiger partial charge in [0.1, 0.15) is 11.6 Å². The van der Waals surface area contributed by atoms with Crippen LogP contribution in [0.25, 0.3) is 10.8 Å². The highest BCUT2D eigenvalue weighted by atomic mass is 16.6. The number of nitrogens with zero attached hydrogens (tertiary/aromatic N) is 1. The number of nitrogens with one attached hydrogen (secondary N) is 1. The highest BCUT2D eigenvalue weighted by Gasteiger charge is 2.38. The monoisotopic (exact) mass is 426 g/mol. The average molecular weight is 426 g/mol. The lowest BCUT2D eigenvalue weighted by atomic mass is 10.0. The van der Waals surface area contributed by atoms with Gasteiger partial charge in [-0.05, 0) is 37.1 Å². The van der Waals surface area contributed by atoms with Gasteiger partial charge in [-0.1, -0.05) is 42.5 Å². The first-order valence-electron chi connectivity index (χ1n) is 10.0. The first-order chi connectivity index (χ1) is 14.5. The topological polar surface area (TPSA) is 102 Å². The molecular formula is C23H26N2O6. The molecule has 1 unspecified atom stereocenters. The van der Waals surface area contributed by atoms with Gasteiger partial charge in [0.05, 0.1) is 6.42 Å². The van der Waals surface area contributed by atoms with E-state index in [1.54, 1.807) is 20.8 Å². The van der Waals surface area contributed by atoms with Crippen LogP contribution in [0.1, 0.15) is 32.8 Å². The minimum atomic E-state index is -1.20. The third-order valence-corrected chi connectivity index (χ3v) is 4.85. The van der Waals surface area contributed by atoms with Gasteiger partial charge in [0, 0.05) is 13.5 Å². The van der Waals surface area contributed by atoms with Crippen LogP contribution in [0, 0.1) is 0 Å². The zero-order chi connectivity index (χ0) is 22.8. The Hall–Kier alpha value is -3.42. The van der Waals surface area contributed by atoms with Crippen LogP contribution in [-0.4, -0.2) is 53.6 Å². The number of hydrogen-bond acceptors (Lipinski definition) is 6. The predicted molar refractivity (Wildman–Crippen MR) is 113 cm³/mol. The van der Waals surface area contributed by atoms with Crippen molar-refractivity contribution in [3.8, 4) is 0 Å². The molecule has 0 radical (unpaired) electrons. The number of fused-ring (bicyclic) bond motifs is 1. The van der Waals surface area contributed by atoms with E-state index >= 15 is 0 Å². The molecule has 164 valence electrons. The van der Waals surface area contributed by atoms with Crippen LogP contribution >= 0.6 is 0 Å². The minimum absolute atomic E-state index is 0.154. The van der Waals surface area contributed by atoms with E-state index in [1.807, 2.05) is 42.5 Å². The zero-order valence-electron chi connectivity index (χ0n) is 18.0. The summed E-state index contributed by atoms with van der Waals surface area (Å²) in [5.74, 6) is -1.95. The number of hydrogen-bond donors (Lipinski definition) is 1. The van der Waals surface area contributed by atoms with E-state index in [1.165, 1.54) is 7.05 Å². The quantitative estimate of drug-likeness (QED) is 0.582. The second-order valence-electron chi connectivity index (χ2n) is 8.53. The van der Waals surface area contributed by atoms with E-state index in [4.69, 9.17) is 9.47 Å². The van der Waals surface area contributed by atoms with Crippen molar-refractivity contribution < 1.29 is 28.7 Å². The number of esters is 1. The fraction of sp³-hybridized carbons (Fsp3) is 0.391. The van der Waals surface area contributed by atoms with Crippen molar-refractivity contribution in [1.82, 2.24) is 10.2 Å². The fourth-order valence-corrected chi connectivity index (χ4v) is 3.27. The molecule has 0 bridgehead atoms. The van der Waals surface area contributed by atoms with Crippen molar-refractivity contribution in [2.45, 2.75) is 51.4 Å². The molecule has 3 rings (SSSR count). The number of benzene rings is 2. The van der Waals surface area contributed by atoms with E-state index in [2.05, 4.69) is 5.32 Å².